The van der Waals surface area contributed by atoms with Gasteiger partial charge in [0.05, 0.1) is 23.8 Å². The van der Waals surface area contributed by atoms with Crippen LogP contribution in [0.2, 0.25) is 0 Å². The molecule has 1 saturated heterocycles. The maximum Gasteiger partial charge on any atom is 0.260 e. The quantitative estimate of drug-likeness (QED) is 0.839. The van der Waals surface area contributed by atoms with Crippen molar-refractivity contribution in [1.29, 1.82) is 5.26 Å². The molecule has 1 fully saturated rings. The van der Waals surface area contributed by atoms with Crippen LogP contribution in [0.5, 0.6) is 5.75 Å². The van der Waals surface area contributed by atoms with E-state index in [1.165, 1.54) is 0 Å². The summed E-state index contributed by atoms with van der Waals surface area (Å²) in [6.45, 7) is 5.06. The highest BCUT2D eigenvalue weighted by molar-refractivity contribution is 5.78. The van der Waals surface area contributed by atoms with Gasteiger partial charge in [-0.25, -0.2) is 0 Å². The third-order valence-corrected chi connectivity index (χ3v) is 3.10. The Kier molecular flexibility index (Phi) is 4.59. The number of nitriles is 1. The van der Waals surface area contributed by atoms with Crippen LogP contribution in [-0.2, 0) is 9.53 Å². The Bertz CT molecular complexity index is 514. The summed E-state index contributed by atoms with van der Waals surface area (Å²) >= 11 is 0. The van der Waals surface area contributed by atoms with Gasteiger partial charge in [0, 0.05) is 13.1 Å². The second kappa shape index (κ2) is 6.40. The van der Waals surface area contributed by atoms with E-state index in [9.17, 15) is 4.79 Å². The first-order valence-corrected chi connectivity index (χ1v) is 6.64. The normalized spacial score (nSPS) is 22.1. The maximum absolute atomic E-state index is 12.1. The van der Waals surface area contributed by atoms with E-state index in [0.29, 0.717) is 24.4 Å². The van der Waals surface area contributed by atoms with Gasteiger partial charge in [-0.05, 0) is 32.0 Å². The molecule has 106 valence electrons. The van der Waals surface area contributed by atoms with Gasteiger partial charge in [-0.3, -0.25) is 4.79 Å². The van der Waals surface area contributed by atoms with E-state index in [1.54, 1.807) is 29.2 Å². The standard InChI is InChI=1S/C15H18N2O3/c1-11-8-17(9-12(2)20-11)15(18)10-19-14-5-3-4-13(6-14)7-16/h3-6,11-12H,8-10H2,1-2H3/t11-,12-/m0/s1. The van der Waals surface area contributed by atoms with Crippen LogP contribution in [-0.4, -0.2) is 42.7 Å². The number of carbonyl (C=O) groups excluding carboxylic acids is 1. The number of nitrogens with zero attached hydrogens (tertiary/aromatic N) is 2. The fourth-order valence-electron chi connectivity index (χ4n) is 2.27. The van der Waals surface area contributed by atoms with Crippen molar-refractivity contribution in [2.75, 3.05) is 19.7 Å². The van der Waals surface area contributed by atoms with Crippen LogP contribution >= 0.6 is 0 Å². The van der Waals surface area contributed by atoms with E-state index >= 15 is 0 Å². The van der Waals surface area contributed by atoms with Crippen LogP contribution in [0.15, 0.2) is 24.3 Å². The number of hydrogen-bond donors (Lipinski definition) is 0. The third-order valence-electron chi connectivity index (χ3n) is 3.10. The highest BCUT2D eigenvalue weighted by atomic mass is 16.5. The molecule has 5 nitrogen and oxygen atoms in total. The Hall–Kier alpha value is -2.06. The molecule has 2 rings (SSSR count). The molecule has 0 unspecified atom stereocenters. The van der Waals surface area contributed by atoms with Crippen molar-refractivity contribution in [1.82, 2.24) is 4.90 Å². The van der Waals surface area contributed by atoms with Gasteiger partial charge >= 0.3 is 0 Å². The maximum atomic E-state index is 12.1. The molecular weight excluding hydrogens is 256 g/mol. The third kappa shape index (κ3) is 3.72. The number of amides is 1. The topological polar surface area (TPSA) is 62.6 Å². The molecule has 0 radical (unpaired) electrons. The van der Waals surface area contributed by atoms with Crippen molar-refractivity contribution in [3.63, 3.8) is 0 Å². The van der Waals surface area contributed by atoms with E-state index in [-0.39, 0.29) is 24.7 Å². The van der Waals surface area contributed by atoms with Gasteiger partial charge in [0.15, 0.2) is 6.61 Å². The minimum atomic E-state index is -0.0608. The first-order chi connectivity index (χ1) is 9.58. The van der Waals surface area contributed by atoms with E-state index in [4.69, 9.17) is 14.7 Å². The molecular formula is C15H18N2O3. The molecule has 1 aliphatic heterocycles. The van der Waals surface area contributed by atoms with E-state index < -0.39 is 0 Å². The van der Waals surface area contributed by atoms with Crippen LogP contribution < -0.4 is 4.74 Å². The van der Waals surface area contributed by atoms with Gasteiger partial charge in [0.1, 0.15) is 5.75 Å². The number of morpholine rings is 1. The number of ether oxygens (including phenoxy) is 2. The lowest BCUT2D eigenvalue weighted by Crippen LogP contribution is -2.49. The van der Waals surface area contributed by atoms with E-state index in [1.807, 2.05) is 19.9 Å². The summed E-state index contributed by atoms with van der Waals surface area (Å²) in [6.07, 6.45) is 0.0919. The van der Waals surface area contributed by atoms with Crippen LogP contribution in [0.4, 0.5) is 0 Å². The van der Waals surface area contributed by atoms with Crippen molar-refractivity contribution < 1.29 is 14.3 Å². The largest absolute Gasteiger partial charge is 0.484 e. The summed E-state index contributed by atoms with van der Waals surface area (Å²) in [5.41, 5.74) is 0.517. The van der Waals surface area contributed by atoms with Crippen LogP contribution in [0.25, 0.3) is 0 Å². The number of hydrogen-bond acceptors (Lipinski definition) is 4. The van der Waals surface area contributed by atoms with Crippen molar-refractivity contribution in [2.45, 2.75) is 26.1 Å². The summed E-state index contributed by atoms with van der Waals surface area (Å²) in [4.78, 5) is 13.9. The van der Waals surface area contributed by atoms with E-state index in [2.05, 4.69) is 0 Å². The lowest BCUT2D eigenvalue weighted by Gasteiger charge is -2.35. The van der Waals surface area contributed by atoms with Crippen LogP contribution in [0.1, 0.15) is 19.4 Å². The lowest BCUT2D eigenvalue weighted by molar-refractivity contribution is -0.145. The monoisotopic (exact) mass is 274 g/mol. The molecule has 0 bridgehead atoms. The molecule has 0 N–H and O–H groups in total. The van der Waals surface area contributed by atoms with Gasteiger partial charge in [-0.15, -0.1) is 0 Å². The first-order valence-electron chi connectivity index (χ1n) is 6.64. The smallest absolute Gasteiger partial charge is 0.260 e. The van der Waals surface area contributed by atoms with E-state index in [0.717, 1.165) is 0 Å². The van der Waals surface area contributed by atoms with Crippen LogP contribution in [0, 0.1) is 11.3 Å². The Balaban J connectivity index is 1.90. The molecule has 5 heteroatoms. The molecule has 0 aromatic heterocycles. The Morgan fingerprint density at radius 2 is 2.15 bits per heavy atom. The summed E-state index contributed by atoms with van der Waals surface area (Å²) < 4.78 is 11.0. The minimum absolute atomic E-state index is 0.0195. The molecule has 1 heterocycles. The number of carbonyl (C=O) groups is 1. The van der Waals surface area contributed by atoms with Crippen molar-refractivity contribution in [3.8, 4) is 11.8 Å². The summed E-state index contributed by atoms with van der Waals surface area (Å²) in [5.74, 6) is 0.473. The van der Waals surface area contributed by atoms with Crippen molar-refractivity contribution >= 4 is 5.91 Å². The Morgan fingerprint density at radius 1 is 1.45 bits per heavy atom. The average molecular weight is 274 g/mol. The van der Waals surface area contributed by atoms with Gasteiger partial charge < -0.3 is 14.4 Å². The molecule has 1 aromatic carbocycles. The van der Waals surface area contributed by atoms with Gasteiger partial charge in [-0.1, -0.05) is 6.07 Å². The zero-order valence-electron chi connectivity index (χ0n) is 11.7. The van der Waals surface area contributed by atoms with Crippen molar-refractivity contribution in [3.05, 3.63) is 29.8 Å². The lowest BCUT2D eigenvalue weighted by atomic mass is 10.2. The number of rotatable bonds is 3. The Morgan fingerprint density at radius 3 is 2.80 bits per heavy atom. The average Bonchev–Trinajstić information content (AvgIpc) is 2.44. The predicted octanol–water partition coefficient (Wildman–Crippen LogP) is 1.57. The second-order valence-electron chi connectivity index (χ2n) is 4.98. The molecule has 20 heavy (non-hydrogen) atoms. The molecule has 2 atom stereocenters. The summed E-state index contributed by atoms with van der Waals surface area (Å²) in [5, 5.41) is 8.81. The molecule has 0 spiro atoms. The Labute approximate surface area is 118 Å². The first kappa shape index (κ1) is 14.4. The molecule has 0 saturated carbocycles. The summed E-state index contributed by atoms with van der Waals surface area (Å²) in [6, 6.07) is 8.82. The van der Waals surface area contributed by atoms with Gasteiger partial charge in [-0.2, -0.15) is 5.26 Å². The highest BCUT2D eigenvalue weighted by Crippen LogP contribution is 2.14. The fourth-order valence-corrected chi connectivity index (χ4v) is 2.27. The molecule has 1 aromatic rings. The fraction of sp³-hybridized carbons (Fsp3) is 0.467. The zero-order valence-corrected chi connectivity index (χ0v) is 11.7. The van der Waals surface area contributed by atoms with Crippen molar-refractivity contribution in [2.24, 2.45) is 0 Å². The molecule has 1 amide bonds. The molecule has 0 aliphatic carbocycles. The highest BCUT2D eigenvalue weighted by Gasteiger charge is 2.25. The minimum Gasteiger partial charge on any atom is -0.484 e. The SMILES string of the molecule is C[C@H]1CN(C(=O)COc2cccc(C#N)c2)C[C@H](C)O1. The second-order valence-corrected chi connectivity index (χ2v) is 4.98. The summed E-state index contributed by atoms with van der Waals surface area (Å²) in [7, 11) is 0. The number of benzene rings is 1. The molecule has 1 aliphatic rings. The van der Waals surface area contributed by atoms with Crippen LogP contribution in [0.3, 0.4) is 0 Å². The van der Waals surface area contributed by atoms with Gasteiger partial charge in [0.2, 0.25) is 0 Å². The zero-order chi connectivity index (χ0) is 14.5. The van der Waals surface area contributed by atoms with Gasteiger partial charge in [0.25, 0.3) is 5.91 Å². The predicted molar refractivity (Wildman–Crippen MR) is 73.2 cm³/mol.